The first-order valence-corrected chi connectivity index (χ1v) is 10.1. The van der Waals surface area contributed by atoms with Gasteiger partial charge in [-0.25, -0.2) is 4.98 Å². The summed E-state index contributed by atoms with van der Waals surface area (Å²) in [4.78, 5) is 19.5. The lowest BCUT2D eigenvalue weighted by Crippen LogP contribution is -2.28. The van der Waals surface area contributed by atoms with Crippen LogP contribution in [-0.4, -0.2) is 42.8 Å². The van der Waals surface area contributed by atoms with E-state index in [0.717, 1.165) is 37.5 Å². The number of hydrogen-bond donors (Lipinski definition) is 0. The molecule has 0 saturated carbocycles. The van der Waals surface area contributed by atoms with Crippen LogP contribution in [0, 0.1) is 6.92 Å². The van der Waals surface area contributed by atoms with Gasteiger partial charge in [0.2, 0.25) is 0 Å². The van der Waals surface area contributed by atoms with E-state index in [1.807, 2.05) is 0 Å². The Morgan fingerprint density at radius 1 is 1.27 bits per heavy atom. The molecule has 0 saturated heterocycles. The Morgan fingerprint density at radius 3 is 3.00 bits per heavy atom. The van der Waals surface area contributed by atoms with E-state index in [2.05, 4.69) is 24.9 Å². The summed E-state index contributed by atoms with van der Waals surface area (Å²) in [5.41, 5.74) is 1.94. The zero-order valence-corrected chi connectivity index (χ0v) is 17.0. The van der Waals surface area contributed by atoms with Crippen LogP contribution >= 0.6 is 0 Å². The summed E-state index contributed by atoms with van der Waals surface area (Å²) in [6, 6.07) is 5.30. The number of carbonyl (C=O) groups excluding carboxylic acids is 1. The molecule has 1 amide bonds. The topological polar surface area (TPSA) is 103 Å². The predicted molar refractivity (Wildman–Crippen MR) is 108 cm³/mol. The number of aromatic nitrogens is 5. The smallest absolute Gasteiger partial charge is 0.259 e. The van der Waals surface area contributed by atoms with Gasteiger partial charge in [0.25, 0.3) is 11.6 Å². The fourth-order valence-corrected chi connectivity index (χ4v) is 3.97. The van der Waals surface area contributed by atoms with Crippen molar-refractivity contribution in [3.63, 3.8) is 0 Å². The van der Waals surface area contributed by atoms with Gasteiger partial charge in [-0.2, -0.15) is 0 Å². The maximum absolute atomic E-state index is 13.4. The third-order valence-corrected chi connectivity index (χ3v) is 5.53. The number of furan rings is 1. The zero-order valence-electron chi connectivity index (χ0n) is 17.0. The van der Waals surface area contributed by atoms with Gasteiger partial charge in [-0.3, -0.25) is 4.79 Å². The van der Waals surface area contributed by atoms with Crippen LogP contribution in [0.2, 0.25) is 0 Å². The first-order valence-electron chi connectivity index (χ1n) is 10.1. The minimum absolute atomic E-state index is 0.160. The number of carbonyl (C=O) groups is 1. The molecule has 0 spiro atoms. The van der Waals surface area contributed by atoms with E-state index >= 15 is 0 Å². The van der Waals surface area contributed by atoms with E-state index in [1.165, 1.54) is 6.42 Å². The molecule has 9 nitrogen and oxygen atoms in total. The molecule has 0 fully saturated rings. The second-order valence-electron chi connectivity index (χ2n) is 7.64. The van der Waals surface area contributed by atoms with Crippen LogP contribution in [0.3, 0.4) is 0 Å². The highest BCUT2D eigenvalue weighted by Gasteiger charge is 2.24. The minimum atomic E-state index is -0.160. The Bertz CT molecular complexity index is 1210. The zero-order chi connectivity index (χ0) is 20.7. The Morgan fingerprint density at radius 2 is 2.17 bits per heavy atom. The van der Waals surface area contributed by atoms with Gasteiger partial charge in [0.05, 0.1) is 29.5 Å². The van der Waals surface area contributed by atoms with Crippen LogP contribution < -0.4 is 0 Å². The quantitative estimate of drug-likeness (QED) is 0.512. The van der Waals surface area contributed by atoms with Crippen LogP contribution in [0.5, 0.6) is 0 Å². The van der Waals surface area contributed by atoms with Crippen LogP contribution in [-0.2, 0) is 19.5 Å². The SMILES string of the molecule is Cc1noc2nc(-c3ccco3)cc(C(=O)N(C)Cc3nnc4n3CCCCC4)c12. The number of pyridine rings is 1. The summed E-state index contributed by atoms with van der Waals surface area (Å²) in [5, 5.41) is 13.3. The van der Waals surface area contributed by atoms with Gasteiger partial charge in [0.15, 0.2) is 11.6 Å². The van der Waals surface area contributed by atoms with E-state index in [0.29, 0.717) is 40.4 Å². The van der Waals surface area contributed by atoms with Crippen LogP contribution in [0.4, 0.5) is 0 Å². The van der Waals surface area contributed by atoms with E-state index < -0.39 is 0 Å². The monoisotopic (exact) mass is 406 g/mol. The van der Waals surface area contributed by atoms with Gasteiger partial charge in [0.1, 0.15) is 11.5 Å². The lowest BCUT2D eigenvalue weighted by atomic mass is 10.1. The second kappa shape index (κ2) is 7.40. The van der Waals surface area contributed by atoms with E-state index in [4.69, 9.17) is 8.94 Å². The molecule has 4 aromatic heterocycles. The third kappa shape index (κ3) is 3.16. The van der Waals surface area contributed by atoms with Crippen LogP contribution in [0.1, 0.15) is 47.0 Å². The first kappa shape index (κ1) is 18.5. The molecule has 0 radical (unpaired) electrons. The molecule has 0 bridgehead atoms. The molecule has 5 rings (SSSR count). The number of rotatable bonds is 4. The van der Waals surface area contributed by atoms with Crippen molar-refractivity contribution in [2.24, 2.45) is 0 Å². The molecule has 1 aliphatic heterocycles. The van der Waals surface area contributed by atoms with Crippen molar-refractivity contribution in [1.29, 1.82) is 0 Å². The molecule has 4 aromatic rings. The Hall–Kier alpha value is -3.49. The maximum Gasteiger partial charge on any atom is 0.259 e. The molecule has 0 N–H and O–H groups in total. The molecule has 0 aromatic carbocycles. The van der Waals surface area contributed by atoms with Crippen molar-refractivity contribution in [1.82, 2.24) is 29.8 Å². The summed E-state index contributed by atoms with van der Waals surface area (Å²) >= 11 is 0. The first-order chi connectivity index (χ1) is 14.6. The van der Waals surface area contributed by atoms with Crippen molar-refractivity contribution < 1.29 is 13.7 Å². The van der Waals surface area contributed by atoms with Crippen molar-refractivity contribution in [2.45, 2.75) is 45.7 Å². The molecule has 0 unspecified atom stereocenters. The molecule has 9 heteroatoms. The number of hydrogen-bond acceptors (Lipinski definition) is 7. The molecule has 1 aliphatic rings. The summed E-state index contributed by atoms with van der Waals surface area (Å²) in [5.74, 6) is 2.21. The largest absolute Gasteiger partial charge is 0.463 e. The van der Waals surface area contributed by atoms with Gasteiger partial charge in [-0.1, -0.05) is 11.6 Å². The highest BCUT2D eigenvalue weighted by atomic mass is 16.5. The highest BCUT2D eigenvalue weighted by Crippen LogP contribution is 2.28. The van der Waals surface area contributed by atoms with Crippen molar-refractivity contribution in [2.75, 3.05) is 7.05 Å². The second-order valence-corrected chi connectivity index (χ2v) is 7.64. The van der Waals surface area contributed by atoms with Gasteiger partial charge >= 0.3 is 0 Å². The summed E-state index contributed by atoms with van der Waals surface area (Å²) in [6.45, 7) is 3.07. The Balaban J connectivity index is 1.50. The highest BCUT2D eigenvalue weighted by molar-refractivity contribution is 6.06. The number of aryl methyl sites for hydroxylation is 2. The fourth-order valence-electron chi connectivity index (χ4n) is 3.97. The van der Waals surface area contributed by atoms with Gasteiger partial charge in [0, 0.05) is 20.0 Å². The average Bonchev–Trinajstić information content (AvgIpc) is 3.45. The number of fused-ring (bicyclic) bond motifs is 2. The van der Waals surface area contributed by atoms with Crippen LogP contribution in [0.25, 0.3) is 22.6 Å². The third-order valence-electron chi connectivity index (χ3n) is 5.53. The number of amides is 1. The average molecular weight is 406 g/mol. The summed E-state index contributed by atoms with van der Waals surface area (Å²) in [6.07, 6.45) is 5.92. The van der Waals surface area contributed by atoms with Crippen molar-refractivity contribution >= 4 is 17.0 Å². The summed E-state index contributed by atoms with van der Waals surface area (Å²) < 4.78 is 13.0. The Kier molecular flexibility index (Phi) is 4.57. The molecular weight excluding hydrogens is 384 g/mol. The van der Waals surface area contributed by atoms with E-state index in [9.17, 15) is 4.79 Å². The van der Waals surface area contributed by atoms with E-state index in [1.54, 1.807) is 43.3 Å². The summed E-state index contributed by atoms with van der Waals surface area (Å²) in [7, 11) is 1.77. The van der Waals surface area contributed by atoms with Crippen LogP contribution in [0.15, 0.2) is 33.4 Å². The number of nitrogens with zero attached hydrogens (tertiary/aromatic N) is 6. The fraction of sp³-hybridized carbons (Fsp3) is 0.381. The molecule has 30 heavy (non-hydrogen) atoms. The molecule has 0 atom stereocenters. The minimum Gasteiger partial charge on any atom is -0.463 e. The van der Waals surface area contributed by atoms with E-state index in [-0.39, 0.29) is 5.91 Å². The normalized spacial score (nSPS) is 13.9. The molecule has 5 heterocycles. The molecule has 154 valence electrons. The molecule has 0 aliphatic carbocycles. The molecular formula is C21H22N6O3. The van der Waals surface area contributed by atoms with Crippen molar-refractivity contribution in [3.05, 3.63) is 47.4 Å². The maximum atomic E-state index is 13.4. The van der Waals surface area contributed by atoms with Gasteiger partial charge in [-0.05, 0) is 38.0 Å². The lowest BCUT2D eigenvalue weighted by Gasteiger charge is -2.18. The van der Waals surface area contributed by atoms with Gasteiger partial charge in [-0.15, -0.1) is 10.2 Å². The van der Waals surface area contributed by atoms with Crippen molar-refractivity contribution in [3.8, 4) is 11.5 Å². The van der Waals surface area contributed by atoms with Gasteiger partial charge < -0.3 is 18.4 Å². The standard InChI is InChI=1S/C21H22N6O3/c1-13-19-14(11-15(16-7-6-10-29-16)22-20(19)30-25-13)21(28)26(2)12-18-24-23-17-8-4-3-5-9-27(17)18/h6-7,10-11H,3-5,8-9,12H2,1-2H3. The Labute approximate surface area is 172 Å². The lowest BCUT2D eigenvalue weighted by molar-refractivity contribution is 0.0781. The predicted octanol–water partition coefficient (Wildman–Crippen LogP) is 3.38.